The normalized spacial score (nSPS) is 21.4. The number of ether oxygens (including phenoxy) is 2. The lowest BCUT2D eigenvalue weighted by Gasteiger charge is -2.34. The average Bonchev–Trinajstić information content (AvgIpc) is 4.10. The molecule has 6 atom stereocenters. The van der Waals surface area contributed by atoms with Gasteiger partial charge in [0.1, 0.15) is 10.0 Å². The molecule has 354 valence electrons. The number of Topliss-reactive ketones (excluding diaryl/α,β-unsaturated/α-hetero) is 2. The number of ketones is 2. The van der Waals surface area contributed by atoms with Gasteiger partial charge in [0.05, 0.1) is 87.3 Å². The largest absolute Gasteiger partial charge is 0.469 e. The molecule has 0 unspecified atom stereocenters. The summed E-state index contributed by atoms with van der Waals surface area (Å²) in [6, 6.07) is 7.34. The third-order valence-electron chi connectivity index (χ3n) is 13.6. The van der Waals surface area contributed by atoms with Gasteiger partial charge in [0, 0.05) is 29.5 Å². The molecule has 1 aromatic carbocycles. The van der Waals surface area contributed by atoms with Crippen molar-refractivity contribution in [1.29, 1.82) is 0 Å². The minimum absolute atomic E-state index is 0.0297. The van der Waals surface area contributed by atoms with Gasteiger partial charge in [0.15, 0.2) is 11.6 Å². The summed E-state index contributed by atoms with van der Waals surface area (Å²) in [5.41, 5.74) is 2.98. The monoisotopic (exact) mass is 931 g/mol. The van der Waals surface area contributed by atoms with Crippen LogP contribution in [0.3, 0.4) is 0 Å². The second-order valence-electron chi connectivity index (χ2n) is 21.2. The molecule has 0 spiro atoms. The van der Waals surface area contributed by atoms with E-state index >= 15 is 0 Å². The van der Waals surface area contributed by atoms with Gasteiger partial charge in [-0.25, -0.2) is 9.97 Å². The number of benzene rings is 1. The van der Waals surface area contributed by atoms with Crippen LogP contribution in [-0.2, 0) is 56.5 Å². The SMILES string of the molecule is COC(=O)C[C@H](C(=O)N1CCC[C@H]1C(=O)Cc1nc([C@@H]2CC[C@@H](c3csc(CC(=O)[C@@H]4CCCN4C(=O)[C@@H](CC(=O)OC)C(C)(C)C)n3)N2c2ccc(C(C)(C)C)cc2)cs1)C(C)(C)C. The number of hydrogen-bond donors (Lipinski definition) is 0. The van der Waals surface area contributed by atoms with Gasteiger partial charge in [-0.05, 0) is 72.5 Å². The van der Waals surface area contributed by atoms with E-state index in [2.05, 4.69) is 49.9 Å². The van der Waals surface area contributed by atoms with Crippen molar-refractivity contribution in [2.75, 3.05) is 32.2 Å². The molecule has 3 aromatic rings. The van der Waals surface area contributed by atoms with E-state index in [1.54, 1.807) is 9.80 Å². The lowest BCUT2D eigenvalue weighted by Crippen LogP contribution is -2.47. The molecular formula is C50H69N5O8S2. The van der Waals surface area contributed by atoms with Crippen molar-refractivity contribution in [3.63, 3.8) is 0 Å². The van der Waals surface area contributed by atoms with Crippen LogP contribution in [-0.4, -0.2) is 94.5 Å². The summed E-state index contributed by atoms with van der Waals surface area (Å²) in [5.74, 6) is -2.57. The first-order valence-electron chi connectivity index (χ1n) is 23.1. The zero-order valence-electron chi connectivity index (χ0n) is 40.2. The van der Waals surface area contributed by atoms with Gasteiger partial charge in [-0.1, -0.05) is 74.4 Å². The number of carbonyl (C=O) groups is 6. The zero-order valence-corrected chi connectivity index (χ0v) is 41.9. The number of esters is 2. The molecule has 2 amide bonds. The van der Waals surface area contributed by atoms with Gasteiger partial charge in [0.2, 0.25) is 11.8 Å². The van der Waals surface area contributed by atoms with Crippen molar-refractivity contribution >= 4 is 63.7 Å². The van der Waals surface area contributed by atoms with E-state index in [4.69, 9.17) is 19.4 Å². The van der Waals surface area contributed by atoms with Gasteiger partial charge in [-0.15, -0.1) is 22.7 Å². The summed E-state index contributed by atoms with van der Waals surface area (Å²) in [6.45, 7) is 19.1. The van der Waals surface area contributed by atoms with E-state index in [0.29, 0.717) is 48.8 Å². The maximum absolute atomic E-state index is 14.0. The molecule has 3 fully saturated rings. The number of aromatic nitrogens is 2. The number of nitrogens with zero attached hydrogens (tertiary/aromatic N) is 5. The number of anilines is 1. The Bertz CT molecular complexity index is 2090. The molecule has 0 N–H and O–H groups in total. The molecule has 0 bridgehead atoms. The summed E-state index contributed by atoms with van der Waals surface area (Å²) in [7, 11) is 2.64. The molecule has 3 saturated heterocycles. The third-order valence-corrected chi connectivity index (χ3v) is 15.3. The Hall–Kier alpha value is -4.50. The Morgan fingerprint density at radius 1 is 0.631 bits per heavy atom. The zero-order chi connectivity index (χ0) is 47.6. The number of thiazole rings is 2. The van der Waals surface area contributed by atoms with Crippen LogP contribution in [0.4, 0.5) is 5.69 Å². The first-order valence-corrected chi connectivity index (χ1v) is 24.8. The first kappa shape index (κ1) is 49.9. The number of likely N-dealkylation sites (tertiary alicyclic amines) is 2. The lowest BCUT2D eigenvalue weighted by atomic mass is 9.77. The van der Waals surface area contributed by atoms with Crippen molar-refractivity contribution < 1.29 is 38.2 Å². The molecule has 0 aliphatic carbocycles. The summed E-state index contributed by atoms with van der Waals surface area (Å²) < 4.78 is 9.83. The predicted octanol–water partition coefficient (Wildman–Crippen LogP) is 8.64. The second kappa shape index (κ2) is 20.2. The quantitative estimate of drug-likeness (QED) is 0.135. The highest BCUT2D eigenvalue weighted by atomic mass is 32.1. The fraction of sp³-hybridized carbons (Fsp3) is 0.640. The van der Waals surface area contributed by atoms with Crippen LogP contribution in [0.5, 0.6) is 0 Å². The topological polar surface area (TPSA) is 156 Å². The van der Waals surface area contributed by atoms with Gasteiger partial charge < -0.3 is 24.2 Å². The highest BCUT2D eigenvalue weighted by Crippen LogP contribution is 2.48. The summed E-state index contributed by atoms with van der Waals surface area (Å²) >= 11 is 2.92. The van der Waals surface area contributed by atoms with E-state index in [1.165, 1.54) is 42.5 Å². The molecule has 6 rings (SSSR count). The maximum Gasteiger partial charge on any atom is 0.306 e. The van der Waals surface area contributed by atoms with Crippen LogP contribution >= 0.6 is 22.7 Å². The van der Waals surface area contributed by atoms with E-state index < -0.39 is 46.7 Å². The molecule has 0 radical (unpaired) electrons. The molecule has 2 aromatic heterocycles. The first-order chi connectivity index (χ1) is 30.5. The summed E-state index contributed by atoms with van der Waals surface area (Å²) in [4.78, 5) is 96.3. The smallest absolute Gasteiger partial charge is 0.306 e. The van der Waals surface area contributed by atoms with Gasteiger partial charge >= 0.3 is 11.9 Å². The Balaban J connectivity index is 1.20. The van der Waals surface area contributed by atoms with Crippen LogP contribution in [0, 0.1) is 22.7 Å². The minimum Gasteiger partial charge on any atom is -0.469 e. The standard InChI is InChI=1S/C50H69N5O8S2/c1-48(2,3)30-16-18-31(19-17-30)55-36(34-28-64-42(51-34)26-40(56)38-14-12-22-53(38)46(60)32(49(4,5)6)24-44(58)62-10)20-21-37(55)35-29-65-43(52-35)27-41(57)39-15-13-23-54(39)47(61)33(50(7,8)9)25-45(59)63-11/h16-19,28-29,32-33,36-39H,12-15,20-27H2,1-11H3/t32-,33-,36+,37+,38+,39+/m1/s1. The summed E-state index contributed by atoms with van der Waals surface area (Å²) in [5, 5.41) is 5.49. The molecular weight excluding hydrogens is 863 g/mol. The van der Waals surface area contributed by atoms with E-state index in [0.717, 1.165) is 29.9 Å². The predicted molar refractivity (Wildman–Crippen MR) is 253 cm³/mol. The van der Waals surface area contributed by atoms with Crippen molar-refractivity contribution in [2.45, 2.75) is 156 Å². The van der Waals surface area contributed by atoms with Crippen molar-refractivity contribution in [3.8, 4) is 0 Å². The van der Waals surface area contributed by atoms with Crippen LogP contribution < -0.4 is 4.90 Å². The van der Waals surface area contributed by atoms with Crippen molar-refractivity contribution in [1.82, 2.24) is 19.8 Å². The molecule has 0 saturated carbocycles. The minimum atomic E-state index is -0.608. The molecule has 15 heteroatoms. The lowest BCUT2D eigenvalue weighted by molar-refractivity contribution is -0.151. The van der Waals surface area contributed by atoms with Gasteiger partial charge in [-0.2, -0.15) is 0 Å². The second-order valence-corrected chi connectivity index (χ2v) is 23.1. The van der Waals surface area contributed by atoms with Gasteiger partial charge in [-0.3, -0.25) is 28.8 Å². The third kappa shape index (κ3) is 11.6. The highest BCUT2D eigenvalue weighted by molar-refractivity contribution is 7.10. The molecule has 65 heavy (non-hydrogen) atoms. The fourth-order valence-corrected chi connectivity index (χ4v) is 11.4. The Morgan fingerprint density at radius 3 is 1.38 bits per heavy atom. The van der Waals surface area contributed by atoms with Crippen LogP contribution in [0.25, 0.3) is 0 Å². The summed E-state index contributed by atoms with van der Waals surface area (Å²) in [6.07, 6.45) is 4.34. The number of amides is 2. The van der Waals surface area contributed by atoms with E-state index in [-0.39, 0.29) is 66.6 Å². The van der Waals surface area contributed by atoms with Crippen molar-refractivity contribution in [2.24, 2.45) is 22.7 Å². The van der Waals surface area contributed by atoms with Crippen molar-refractivity contribution in [3.05, 3.63) is 62.0 Å². The van der Waals surface area contributed by atoms with Crippen LogP contribution in [0.15, 0.2) is 35.0 Å². The van der Waals surface area contributed by atoms with Crippen LogP contribution in [0.2, 0.25) is 0 Å². The van der Waals surface area contributed by atoms with Crippen LogP contribution in [0.1, 0.15) is 153 Å². The molecule has 13 nitrogen and oxygen atoms in total. The Kier molecular flexibility index (Phi) is 15.5. The Morgan fingerprint density at radius 2 is 1.03 bits per heavy atom. The Labute approximate surface area is 393 Å². The number of hydrogen-bond acceptors (Lipinski definition) is 13. The van der Waals surface area contributed by atoms with Gasteiger partial charge in [0.25, 0.3) is 0 Å². The number of rotatable bonds is 15. The fourth-order valence-electron chi connectivity index (χ4n) is 9.70. The molecule has 3 aliphatic heterocycles. The molecule has 3 aliphatic rings. The number of carbonyl (C=O) groups excluding carboxylic acids is 6. The number of methoxy groups -OCH3 is 2. The molecule has 5 heterocycles. The average molecular weight is 932 g/mol. The maximum atomic E-state index is 14.0. The highest BCUT2D eigenvalue weighted by Gasteiger charge is 2.44. The van der Waals surface area contributed by atoms with E-state index in [9.17, 15) is 28.8 Å². The van der Waals surface area contributed by atoms with E-state index in [1.807, 2.05) is 52.3 Å².